The van der Waals surface area contributed by atoms with Crippen LogP contribution in [0.4, 0.5) is 5.69 Å². The molecule has 0 fully saturated rings. The molecule has 1 rings (SSSR count). The van der Waals surface area contributed by atoms with Gasteiger partial charge in [-0.25, -0.2) is 4.79 Å². The summed E-state index contributed by atoms with van der Waals surface area (Å²) in [6, 6.07) is 5.06. The molecule has 0 radical (unpaired) electrons. The summed E-state index contributed by atoms with van der Waals surface area (Å²) in [6.45, 7) is 7.41. The molecule has 1 aromatic rings. The molecule has 0 atom stereocenters. The Morgan fingerprint density at radius 1 is 1.32 bits per heavy atom. The molecule has 2 N–H and O–H groups in total. The molecule has 0 saturated carbocycles. The van der Waals surface area contributed by atoms with Crippen molar-refractivity contribution in [2.24, 2.45) is 0 Å². The molecule has 0 aliphatic rings. The molecule has 0 aliphatic carbocycles. The third-order valence-corrected chi connectivity index (χ3v) is 3.00. The summed E-state index contributed by atoms with van der Waals surface area (Å²) in [6.07, 6.45) is 0. The number of carbonyl (C=O) groups is 1. The standard InChI is InChI=1S/C14H22N2O3/c1-4-16(5-2)9-10-19-13-11(14(17)18-3)7-6-8-12(13)15/h6-8H,4-5,9-10,15H2,1-3H3. The van der Waals surface area contributed by atoms with E-state index < -0.39 is 5.97 Å². The third-order valence-electron chi connectivity index (χ3n) is 3.00. The maximum atomic E-state index is 11.6. The molecule has 0 bridgehead atoms. The number of methoxy groups -OCH3 is 1. The van der Waals surface area contributed by atoms with E-state index in [1.807, 2.05) is 0 Å². The molecule has 5 heteroatoms. The van der Waals surface area contributed by atoms with Crippen molar-refractivity contribution in [1.82, 2.24) is 4.90 Å². The zero-order valence-corrected chi connectivity index (χ0v) is 11.8. The van der Waals surface area contributed by atoms with Crippen molar-refractivity contribution in [1.29, 1.82) is 0 Å². The Kier molecular flexibility index (Phi) is 6.15. The molecule has 0 heterocycles. The minimum Gasteiger partial charge on any atom is -0.489 e. The van der Waals surface area contributed by atoms with Crippen LogP contribution in [-0.2, 0) is 4.74 Å². The topological polar surface area (TPSA) is 64.8 Å². The lowest BCUT2D eigenvalue weighted by molar-refractivity contribution is 0.0595. The molecule has 0 amide bonds. The van der Waals surface area contributed by atoms with Crippen LogP contribution in [0.1, 0.15) is 24.2 Å². The Hall–Kier alpha value is -1.75. The van der Waals surface area contributed by atoms with Crippen molar-refractivity contribution in [3.63, 3.8) is 0 Å². The summed E-state index contributed by atoms with van der Waals surface area (Å²) >= 11 is 0. The number of nitrogens with zero attached hydrogens (tertiary/aromatic N) is 1. The van der Waals surface area contributed by atoms with E-state index >= 15 is 0 Å². The van der Waals surface area contributed by atoms with Gasteiger partial charge in [0, 0.05) is 6.54 Å². The third kappa shape index (κ3) is 4.13. The summed E-state index contributed by atoms with van der Waals surface area (Å²) < 4.78 is 10.4. The zero-order valence-electron chi connectivity index (χ0n) is 11.8. The fourth-order valence-electron chi connectivity index (χ4n) is 1.80. The van der Waals surface area contributed by atoms with Gasteiger partial charge in [0.2, 0.25) is 0 Å². The number of hydrogen-bond acceptors (Lipinski definition) is 5. The van der Waals surface area contributed by atoms with Gasteiger partial charge in [0.05, 0.1) is 12.8 Å². The molecule has 0 saturated heterocycles. The molecule has 0 aromatic heterocycles. The number of anilines is 1. The number of esters is 1. The largest absolute Gasteiger partial charge is 0.489 e. The molecule has 0 unspecified atom stereocenters. The first-order valence-electron chi connectivity index (χ1n) is 6.45. The predicted molar refractivity (Wildman–Crippen MR) is 75.5 cm³/mol. The van der Waals surface area contributed by atoms with Gasteiger partial charge in [-0.15, -0.1) is 0 Å². The van der Waals surface area contributed by atoms with Crippen LogP contribution in [0.3, 0.4) is 0 Å². The van der Waals surface area contributed by atoms with Gasteiger partial charge in [-0.3, -0.25) is 0 Å². The summed E-state index contributed by atoms with van der Waals surface area (Å²) in [5.74, 6) is -0.0355. The van der Waals surface area contributed by atoms with Crippen molar-refractivity contribution in [2.45, 2.75) is 13.8 Å². The van der Waals surface area contributed by atoms with Crippen molar-refractivity contribution in [2.75, 3.05) is 39.1 Å². The lowest BCUT2D eigenvalue weighted by Crippen LogP contribution is -2.28. The zero-order chi connectivity index (χ0) is 14.3. The van der Waals surface area contributed by atoms with Crippen LogP contribution in [0.15, 0.2) is 18.2 Å². The summed E-state index contributed by atoms with van der Waals surface area (Å²) in [5.41, 5.74) is 6.66. The van der Waals surface area contributed by atoms with Crippen LogP contribution in [0.2, 0.25) is 0 Å². The van der Waals surface area contributed by atoms with Gasteiger partial charge in [-0.1, -0.05) is 19.9 Å². The number of ether oxygens (including phenoxy) is 2. The van der Waals surface area contributed by atoms with Crippen molar-refractivity contribution >= 4 is 11.7 Å². The first-order chi connectivity index (χ1) is 9.13. The maximum Gasteiger partial charge on any atom is 0.341 e. The van der Waals surface area contributed by atoms with Crippen LogP contribution in [0.5, 0.6) is 5.75 Å². The molecule has 19 heavy (non-hydrogen) atoms. The quantitative estimate of drug-likeness (QED) is 0.602. The number of para-hydroxylation sites is 1. The smallest absolute Gasteiger partial charge is 0.341 e. The molecule has 106 valence electrons. The van der Waals surface area contributed by atoms with Gasteiger partial charge < -0.3 is 20.1 Å². The second-order valence-corrected chi connectivity index (χ2v) is 4.09. The van der Waals surface area contributed by atoms with Gasteiger partial charge in [-0.2, -0.15) is 0 Å². The van der Waals surface area contributed by atoms with Crippen LogP contribution < -0.4 is 10.5 Å². The molecule has 0 aliphatic heterocycles. The second kappa shape index (κ2) is 7.63. The first-order valence-corrected chi connectivity index (χ1v) is 6.45. The molecule has 1 aromatic carbocycles. The van der Waals surface area contributed by atoms with E-state index in [0.717, 1.165) is 19.6 Å². The van der Waals surface area contributed by atoms with E-state index in [-0.39, 0.29) is 0 Å². The van der Waals surface area contributed by atoms with Gasteiger partial charge in [0.25, 0.3) is 0 Å². The van der Waals surface area contributed by atoms with Crippen LogP contribution in [-0.4, -0.2) is 44.2 Å². The van der Waals surface area contributed by atoms with E-state index in [9.17, 15) is 4.79 Å². The number of benzene rings is 1. The number of hydrogen-bond donors (Lipinski definition) is 1. The highest BCUT2D eigenvalue weighted by Gasteiger charge is 2.15. The number of nitrogens with two attached hydrogens (primary N) is 1. The average Bonchev–Trinajstić information content (AvgIpc) is 2.44. The summed E-state index contributed by atoms with van der Waals surface area (Å²) in [7, 11) is 1.34. The Morgan fingerprint density at radius 2 is 2.00 bits per heavy atom. The van der Waals surface area contributed by atoms with Crippen LogP contribution in [0, 0.1) is 0 Å². The number of rotatable bonds is 7. The molecular weight excluding hydrogens is 244 g/mol. The van der Waals surface area contributed by atoms with E-state index in [2.05, 4.69) is 18.7 Å². The highest BCUT2D eigenvalue weighted by Crippen LogP contribution is 2.26. The van der Waals surface area contributed by atoms with E-state index in [0.29, 0.717) is 23.6 Å². The second-order valence-electron chi connectivity index (χ2n) is 4.09. The van der Waals surface area contributed by atoms with Gasteiger partial charge in [0.15, 0.2) is 5.75 Å². The SMILES string of the molecule is CCN(CC)CCOc1c(N)cccc1C(=O)OC. The minimum atomic E-state index is -0.440. The van der Waals surface area contributed by atoms with Crippen LogP contribution >= 0.6 is 0 Å². The van der Waals surface area contributed by atoms with Gasteiger partial charge in [0.1, 0.15) is 12.2 Å². The highest BCUT2D eigenvalue weighted by molar-refractivity contribution is 5.94. The number of nitrogen functional groups attached to an aromatic ring is 1. The Morgan fingerprint density at radius 3 is 2.58 bits per heavy atom. The normalized spacial score (nSPS) is 10.5. The highest BCUT2D eigenvalue weighted by atomic mass is 16.5. The predicted octanol–water partition coefficient (Wildman–Crippen LogP) is 1.78. The Bertz CT molecular complexity index is 417. The summed E-state index contributed by atoms with van der Waals surface area (Å²) in [4.78, 5) is 13.9. The minimum absolute atomic E-state index is 0.363. The van der Waals surface area contributed by atoms with Crippen molar-refractivity contribution in [3.8, 4) is 5.75 Å². The van der Waals surface area contributed by atoms with E-state index in [1.54, 1.807) is 18.2 Å². The number of likely N-dealkylation sites (N-methyl/N-ethyl adjacent to an activating group) is 1. The fraction of sp³-hybridized carbons (Fsp3) is 0.500. The summed E-state index contributed by atoms with van der Waals surface area (Å²) in [5, 5.41) is 0. The Balaban J connectivity index is 2.74. The Labute approximate surface area is 114 Å². The van der Waals surface area contributed by atoms with E-state index in [1.165, 1.54) is 7.11 Å². The van der Waals surface area contributed by atoms with E-state index in [4.69, 9.17) is 15.2 Å². The van der Waals surface area contributed by atoms with Crippen molar-refractivity contribution in [3.05, 3.63) is 23.8 Å². The number of carbonyl (C=O) groups excluding carboxylic acids is 1. The molecule has 0 spiro atoms. The van der Waals surface area contributed by atoms with Crippen LogP contribution in [0.25, 0.3) is 0 Å². The molecule has 5 nitrogen and oxygen atoms in total. The lowest BCUT2D eigenvalue weighted by atomic mass is 10.2. The molecular formula is C14H22N2O3. The maximum absolute atomic E-state index is 11.6. The van der Waals surface area contributed by atoms with Crippen molar-refractivity contribution < 1.29 is 14.3 Å². The lowest BCUT2D eigenvalue weighted by Gasteiger charge is -2.19. The average molecular weight is 266 g/mol. The monoisotopic (exact) mass is 266 g/mol. The first kappa shape index (κ1) is 15.3. The van der Waals surface area contributed by atoms with Gasteiger partial charge in [-0.05, 0) is 25.2 Å². The fourth-order valence-corrected chi connectivity index (χ4v) is 1.80. The van der Waals surface area contributed by atoms with Gasteiger partial charge >= 0.3 is 5.97 Å².